The third kappa shape index (κ3) is 3.28. The van der Waals surface area contributed by atoms with E-state index in [4.69, 9.17) is 4.74 Å². The van der Waals surface area contributed by atoms with Gasteiger partial charge in [0.15, 0.2) is 0 Å². The second-order valence-corrected chi connectivity index (χ2v) is 5.09. The third-order valence-corrected chi connectivity index (χ3v) is 3.58. The van der Waals surface area contributed by atoms with Crippen LogP contribution in [0, 0.1) is 5.82 Å². The van der Waals surface area contributed by atoms with Gasteiger partial charge in [0.1, 0.15) is 5.82 Å². The second-order valence-electron chi connectivity index (χ2n) is 5.09. The predicted molar refractivity (Wildman–Crippen MR) is 67.8 cm³/mol. The number of nitrogens with one attached hydrogen (secondary N) is 1. The minimum Gasteiger partial charge on any atom is -0.387 e. The zero-order chi connectivity index (χ0) is 13.0. The van der Waals surface area contributed by atoms with Gasteiger partial charge in [-0.3, -0.25) is 0 Å². The lowest BCUT2D eigenvalue weighted by Crippen LogP contribution is -2.48. The lowest BCUT2D eigenvalue weighted by molar-refractivity contribution is 0.0385. The fraction of sp³-hybridized carbons (Fsp3) is 0.571. The molecule has 4 heteroatoms. The number of hydrogen-bond donors (Lipinski definition) is 2. The lowest BCUT2D eigenvalue weighted by atomic mass is 9.92. The van der Waals surface area contributed by atoms with Gasteiger partial charge in [0.05, 0.1) is 6.10 Å². The molecule has 1 aromatic rings. The van der Waals surface area contributed by atoms with Crippen molar-refractivity contribution in [3.8, 4) is 0 Å². The molecular formula is C14H20FNO2. The summed E-state index contributed by atoms with van der Waals surface area (Å²) in [6, 6.07) is 6.35. The van der Waals surface area contributed by atoms with E-state index in [1.54, 1.807) is 18.2 Å². The minimum atomic E-state index is -0.814. The number of hydrogen-bond acceptors (Lipinski definition) is 3. The number of rotatable bonds is 4. The minimum absolute atomic E-state index is 0.0233. The van der Waals surface area contributed by atoms with Crippen molar-refractivity contribution in [3.63, 3.8) is 0 Å². The van der Waals surface area contributed by atoms with Gasteiger partial charge >= 0.3 is 0 Å². The Labute approximate surface area is 107 Å². The number of β-amino-alcohol motifs (C(OH)–C–C–N with tert-alkyl or cyclic N) is 1. The maximum absolute atomic E-state index is 13.5. The summed E-state index contributed by atoms with van der Waals surface area (Å²) >= 11 is 0. The van der Waals surface area contributed by atoms with Gasteiger partial charge in [-0.1, -0.05) is 18.2 Å². The first-order chi connectivity index (χ1) is 8.61. The number of ether oxygens (including phenoxy) is 1. The average Bonchev–Trinajstić information content (AvgIpc) is 2.38. The Morgan fingerprint density at radius 2 is 2.06 bits per heavy atom. The molecule has 2 N–H and O–H groups in total. The molecule has 100 valence electrons. The molecule has 1 aromatic carbocycles. The van der Waals surface area contributed by atoms with Gasteiger partial charge < -0.3 is 15.2 Å². The van der Waals surface area contributed by atoms with Crippen molar-refractivity contribution in [1.82, 2.24) is 5.32 Å². The summed E-state index contributed by atoms with van der Waals surface area (Å²) in [5.41, 5.74) is 0.325. The van der Waals surface area contributed by atoms with E-state index in [1.165, 1.54) is 6.07 Å². The Balaban J connectivity index is 1.92. The highest BCUT2D eigenvalue weighted by molar-refractivity contribution is 5.20. The van der Waals surface area contributed by atoms with Crippen LogP contribution in [0.2, 0.25) is 0 Å². The largest absolute Gasteiger partial charge is 0.387 e. The van der Waals surface area contributed by atoms with Crippen molar-refractivity contribution in [3.05, 3.63) is 35.6 Å². The van der Waals surface area contributed by atoms with Crippen LogP contribution in [0.25, 0.3) is 0 Å². The Morgan fingerprint density at radius 3 is 2.72 bits per heavy atom. The van der Waals surface area contributed by atoms with Crippen LogP contribution in [-0.4, -0.2) is 30.4 Å². The molecule has 0 aliphatic carbocycles. The monoisotopic (exact) mass is 253 g/mol. The maximum Gasteiger partial charge on any atom is 0.129 e. The highest BCUT2D eigenvalue weighted by atomic mass is 19.1. The summed E-state index contributed by atoms with van der Waals surface area (Å²) in [4.78, 5) is 0. The Kier molecular flexibility index (Phi) is 4.32. The van der Waals surface area contributed by atoms with Crippen LogP contribution in [0.4, 0.5) is 4.39 Å². The average molecular weight is 253 g/mol. The van der Waals surface area contributed by atoms with E-state index < -0.39 is 6.10 Å². The van der Waals surface area contributed by atoms with Crippen molar-refractivity contribution in [2.45, 2.75) is 31.4 Å². The van der Waals surface area contributed by atoms with Gasteiger partial charge in [-0.05, 0) is 25.8 Å². The Morgan fingerprint density at radius 1 is 1.39 bits per heavy atom. The first-order valence-electron chi connectivity index (χ1n) is 6.36. The van der Waals surface area contributed by atoms with Crippen LogP contribution in [0.1, 0.15) is 31.4 Å². The van der Waals surface area contributed by atoms with Gasteiger partial charge in [-0.15, -0.1) is 0 Å². The first-order valence-corrected chi connectivity index (χ1v) is 6.36. The van der Waals surface area contributed by atoms with E-state index in [2.05, 4.69) is 12.2 Å². The summed E-state index contributed by atoms with van der Waals surface area (Å²) in [6.07, 6.45) is 1.01. The molecule has 1 unspecified atom stereocenters. The van der Waals surface area contributed by atoms with Crippen LogP contribution in [0.3, 0.4) is 0 Å². The molecule has 1 atom stereocenters. The van der Waals surface area contributed by atoms with Crippen molar-refractivity contribution < 1.29 is 14.2 Å². The summed E-state index contributed by atoms with van der Waals surface area (Å²) in [6.45, 7) is 3.94. The molecule has 0 aromatic heterocycles. The molecule has 0 amide bonds. The first kappa shape index (κ1) is 13.5. The summed E-state index contributed by atoms with van der Waals surface area (Å²) in [7, 11) is 0. The van der Waals surface area contributed by atoms with E-state index in [0.717, 1.165) is 26.1 Å². The normalized spacial score (nSPS) is 20.6. The molecule has 1 aliphatic rings. The summed E-state index contributed by atoms with van der Waals surface area (Å²) in [5.74, 6) is -0.357. The number of halogens is 1. The molecule has 1 saturated heterocycles. The Bertz CT molecular complexity index is 391. The quantitative estimate of drug-likeness (QED) is 0.862. The van der Waals surface area contributed by atoms with E-state index in [-0.39, 0.29) is 11.4 Å². The fourth-order valence-corrected chi connectivity index (χ4v) is 2.20. The molecule has 3 nitrogen and oxygen atoms in total. The predicted octanol–water partition coefficient (Wildman–Crippen LogP) is 2.02. The van der Waals surface area contributed by atoms with Gasteiger partial charge in [-0.2, -0.15) is 0 Å². The molecule has 1 fully saturated rings. The van der Waals surface area contributed by atoms with Crippen LogP contribution >= 0.6 is 0 Å². The van der Waals surface area contributed by atoms with Gasteiger partial charge in [0, 0.05) is 30.9 Å². The maximum atomic E-state index is 13.5. The van der Waals surface area contributed by atoms with Crippen molar-refractivity contribution in [2.75, 3.05) is 19.8 Å². The SMILES string of the molecule is CC1(NCC(O)c2ccccc2F)CCOCC1. The molecule has 0 bridgehead atoms. The summed E-state index contributed by atoms with van der Waals surface area (Å²) in [5, 5.41) is 13.3. The van der Waals surface area contributed by atoms with Crippen LogP contribution in [-0.2, 0) is 4.74 Å². The summed E-state index contributed by atoms with van der Waals surface area (Å²) < 4.78 is 18.8. The number of aliphatic hydroxyl groups is 1. The third-order valence-electron chi connectivity index (χ3n) is 3.58. The van der Waals surface area contributed by atoms with E-state index in [9.17, 15) is 9.50 Å². The molecule has 0 radical (unpaired) electrons. The van der Waals surface area contributed by atoms with Crippen molar-refractivity contribution in [1.29, 1.82) is 0 Å². The molecule has 0 saturated carbocycles. The number of benzene rings is 1. The van der Waals surface area contributed by atoms with Crippen LogP contribution < -0.4 is 5.32 Å². The van der Waals surface area contributed by atoms with Gasteiger partial charge in [-0.25, -0.2) is 4.39 Å². The van der Waals surface area contributed by atoms with Crippen LogP contribution in [0.15, 0.2) is 24.3 Å². The van der Waals surface area contributed by atoms with E-state index in [1.807, 2.05) is 0 Å². The van der Waals surface area contributed by atoms with E-state index >= 15 is 0 Å². The van der Waals surface area contributed by atoms with E-state index in [0.29, 0.717) is 12.1 Å². The Hall–Kier alpha value is -0.970. The molecule has 0 spiro atoms. The fourth-order valence-electron chi connectivity index (χ4n) is 2.20. The molecule has 1 heterocycles. The lowest BCUT2D eigenvalue weighted by Gasteiger charge is -2.35. The zero-order valence-electron chi connectivity index (χ0n) is 10.7. The molecule has 2 rings (SSSR count). The topological polar surface area (TPSA) is 41.5 Å². The van der Waals surface area contributed by atoms with Crippen LogP contribution in [0.5, 0.6) is 0 Å². The molecule has 18 heavy (non-hydrogen) atoms. The zero-order valence-corrected chi connectivity index (χ0v) is 10.7. The molecule has 1 aliphatic heterocycles. The van der Waals surface area contributed by atoms with Gasteiger partial charge in [0.2, 0.25) is 0 Å². The van der Waals surface area contributed by atoms with Crippen molar-refractivity contribution in [2.24, 2.45) is 0 Å². The van der Waals surface area contributed by atoms with Gasteiger partial charge in [0.25, 0.3) is 0 Å². The molecular weight excluding hydrogens is 233 g/mol. The highest BCUT2D eigenvalue weighted by Crippen LogP contribution is 2.22. The second kappa shape index (κ2) is 5.78. The number of aliphatic hydroxyl groups excluding tert-OH is 1. The standard InChI is InChI=1S/C14H20FNO2/c1-14(6-8-18-9-7-14)16-10-13(17)11-4-2-3-5-12(11)15/h2-5,13,16-17H,6-10H2,1H3. The van der Waals surface area contributed by atoms with Crippen molar-refractivity contribution >= 4 is 0 Å². The smallest absolute Gasteiger partial charge is 0.129 e. The highest BCUT2D eigenvalue weighted by Gasteiger charge is 2.27.